The van der Waals surface area contributed by atoms with Gasteiger partial charge in [-0.15, -0.1) is 0 Å². The van der Waals surface area contributed by atoms with E-state index in [1.165, 1.54) is 0 Å². The highest BCUT2D eigenvalue weighted by atomic mass is 16.5. The van der Waals surface area contributed by atoms with Crippen LogP contribution in [0.2, 0.25) is 0 Å². The van der Waals surface area contributed by atoms with E-state index < -0.39 is 0 Å². The summed E-state index contributed by atoms with van der Waals surface area (Å²) in [7, 11) is 1.61. The number of hydrogen-bond acceptors (Lipinski definition) is 3. The van der Waals surface area contributed by atoms with Gasteiger partial charge in [-0.2, -0.15) is 0 Å². The van der Waals surface area contributed by atoms with Gasteiger partial charge in [0.1, 0.15) is 11.4 Å². The van der Waals surface area contributed by atoms with Crippen LogP contribution in [0, 0.1) is 6.92 Å². The Balaban J connectivity index is 1.69. The zero-order chi connectivity index (χ0) is 15.5. The number of nitrogens with one attached hydrogen (secondary N) is 1. The lowest BCUT2D eigenvalue weighted by Gasteiger charge is -2.05. The summed E-state index contributed by atoms with van der Waals surface area (Å²) in [6.45, 7) is 2.02. The van der Waals surface area contributed by atoms with Gasteiger partial charge in [0.15, 0.2) is 0 Å². The molecule has 0 aliphatic heterocycles. The number of aromatic nitrogens is 2. The number of amides is 1. The van der Waals surface area contributed by atoms with Crippen LogP contribution in [0.5, 0.6) is 5.75 Å². The summed E-state index contributed by atoms with van der Waals surface area (Å²) < 4.78 is 7.01. The molecule has 0 atom stereocenters. The molecule has 0 saturated carbocycles. The van der Waals surface area contributed by atoms with E-state index in [2.05, 4.69) is 10.3 Å². The molecule has 3 rings (SSSR count). The number of anilines is 1. The number of methoxy groups -OCH3 is 1. The number of imidazole rings is 1. The molecular weight excluding hydrogens is 278 g/mol. The van der Waals surface area contributed by atoms with Crippen molar-refractivity contribution < 1.29 is 9.53 Å². The van der Waals surface area contributed by atoms with E-state index in [-0.39, 0.29) is 12.3 Å². The molecule has 2 aromatic heterocycles. The molecule has 2 heterocycles. The third-order valence-corrected chi connectivity index (χ3v) is 3.38. The highest BCUT2D eigenvalue weighted by molar-refractivity contribution is 5.92. The second-order valence-electron chi connectivity index (χ2n) is 5.16. The highest BCUT2D eigenvalue weighted by Gasteiger charge is 2.08. The van der Waals surface area contributed by atoms with Crippen LogP contribution in [0.3, 0.4) is 0 Å². The molecule has 22 heavy (non-hydrogen) atoms. The number of pyridine rings is 1. The molecule has 5 nitrogen and oxygen atoms in total. The predicted molar refractivity (Wildman–Crippen MR) is 85.3 cm³/mol. The van der Waals surface area contributed by atoms with Crippen LogP contribution in [-0.4, -0.2) is 22.4 Å². The smallest absolute Gasteiger partial charge is 0.230 e. The zero-order valence-corrected chi connectivity index (χ0v) is 12.5. The van der Waals surface area contributed by atoms with Gasteiger partial charge in [-0.25, -0.2) is 4.98 Å². The zero-order valence-electron chi connectivity index (χ0n) is 12.5. The maximum atomic E-state index is 12.1. The van der Waals surface area contributed by atoms with Gasteiger partial charge in [0.25, 0.3) is 0 Å². The standard InChI is InChI=1S/C17H17N3O2/c1-12-7-8-20-11-14(18-16(20)9-12)10-17(21)19-13-3-5-15(22-2)6-4-13/h3-9,11H,10H2,1-2H3,(H,19,21). The van der Waals surface area contributed by atoms with Crippen LogP contribution in [0.25, 0.3) is 5.65 Å². The number of aryl methyl sites for hydroxylation is 1. The van der Waals surface area contributed by atoms with Gasteiger partial charge in [-0.1, -0.05) is 0 Å². The Morgan fingerprint density at radius 1 is 1.27 bits per heavy atom. The summed E-state index contributed by atoms with van der Waals surface area (Å²) in [6, 6.07) is 11.2. The number of nitrogens with zero attached hydrogens (tertiary/aromatic N) is 2. The van der Waals surface area contributed by atoms with Crippen LogP contribution in [0.4, 0.5) is 5.69 Å². The Morgan fingerprint density at radius 3 is 2.77 bits per heavy atom. The minimum atomic E-state index is -0.0923. The van der Waals surface area contributed by atoms with E-state index in [1.807, 2.05) is 60.1 Å². The SMILES string of the molecule is COc1ccc(NC(=O)Cc2cn3ccc(C)cc3n2)cc1. The fourth-order valence-electron chi connectivity index (χ4n) is 2.27. The Labute approximate surface area is 128 Å². The summed E-state index contributed by atoms with van der Waals surface area (Å²) in [5.41, 5.74) is 3.49. The minimum Gasteiger partial charge on any atom is -0.497 e. The van der Waals surface area contributed by atoms with E-state index in [4.69, 9.17) is 4.74 Å². The molecule has 1 amide bonds. The molecule has 0 fully saturated rings. The number of rotatable bonds is 4. The van der Waals surface area contributed by atoms with Gasteiger partial charge in [0, 0.05) is 18.1 Å². The van der Waals surface area contributed by atoms with Crippen LogP contribution in [0.1, 0.15) is 11.3 Å². The summed E-state index contributed by atoms with van der Waals surface area (Å²) in [4.78, 5) is 16.6. The number of carbonyl (C=O) groups is 1. The lowest BCUT2D eigenvalue weighted by atomic mass is 10.2. The first-order chi connectivity index (χ1) is 10.6. The summed E-state index contributed by atoms with van der Waals surface area (Å²) >= 11 is 0. The van der Waals surface area contributed by atoms with Crippen molar-refractivity contribution in [2.75, 3.05) is 12.4 Å². The fourth-order valence-corrected chi connectivity index (χ4v) is 2.27. The van der Waals surface area contributed by atoms with E-state index >= 15 is 0 Å². The van der Waals surface area contributed by atoms with Crippen molar-refractivity contribution in [2.45, 2.75) is 13.3 Å². The average molecular weight is 295 g/mol. The second kappa shape index (κ2) is 5.89. The first kappa shape index (κ1) is 14.1. The molecule has 0 radical (unpaired) electrons. The Hall–Kier alpha value is -2.82. The van der Waals surface area contributed by atoms with Gasteiger partial charge < -0.3 is 14.5 Å². The number of ether oxygens (including phenoxy) is 1. The van der Waals surface area contributed by atoms with Gasteiger partial charge in [0.2, 0.25) is 5.91 Å². The number of carbonyl (C=O) groups excluding carboxylic acids is 1. The molecule has 0 saturated heterocycles. The van der Waals surface area contributed by atoms with Gasteiger partial charge >= 0.3 is 0 Å². The minimum absolute atomic E-state index is 0.0923. The molecule has 0 aliphatic rings. The molecule has 3 aromatic rings. The molecule has 1 N–H and O–H groups in total. The molecule has 1 aromatic carbocycles. The molecular formula is C17H17N3O2. The van der Waals surface area contributed by atoms with Crippen molar-refractivity contribution in [1.29, 1.82) is 0 Å². The second-order valence-corrected chi connectivity index (χ2v) is 5.16. The van der Waals surface area contributed by atoms with Crippen molar-refractivity contribution in [2.24, 2.45) is 0 Å². The fraction of sp³-hybridized carbons (Fsp3) is 0.176. The maximum absolute atomic E-state index is 12.1. The molecule has 0 bridgehead atoms. The van der Waals surface area contributed by atoms with Crippen molar-refractivity contribution in [3.8, 4) is 5.75 Å². The Morgan fingerprint density at radius 2 is 2.05 bits per heavy atom. The van der Waals surface area contributed by atoms with Crippen molar-refractivity contribution >= 4 is 17.2 Å². The lowest BCUT2D eigenvalue weighted by Crippen LogP contribution is -2.14. The topological polar surface area (TPSA) is 55.6 Å². The molecule has 0 spiro atoms. The third kappa shape index (κ3) is 3.09. The van der Waals surface area contributed by atoms with Gasteiger partial charge in [-0.3, -0.25) is 4.79 Å². The lowest BCUT2D eigenvalue weighted by molar-refractivity contribution is -0.115. The third-order valence-electron chi connectivity index (χ3n) is 3.38. The first-order valence-corrected chi connectivity index (χ1v) is 7.02. The first-order valence-electron chi connectivity index (χ1n) is 7.02. The molecule has 0 unspecified atom stereocenters. The van der Waals surface area contributed by atoms with Gasteiger partial charge in [0.05, 0.1) is 19.2 Å². The Bertz CT molecular complexity index is 806. The predicted octanol–water partition coefficient (Wildman–Crippen LogP) is 2.83. The summed E-state index contributed by atoms with van der Waals surface area (Å²) in [6.07, 6.45) is 4.07. The van der Waals surface area contributed by atoms with E-state index in [9.17, 15) is 4.79 Å². The summed E-state index contributed by atoms with van der Waals surface area (Å²) in [5.74, 6) is 0.666. The van der Waals surface area contributed by atoms with E-state index in [0.717, 1.165) is 28.3 Å². The molecule has 0 aliphatic carbocycles. The highest BCUT2D eigenvalue weighted by Crippen LogP contribution is 2.15. The summed E-state index contributed by atoms with van der Waals surface area (Å²) in [5, 5.41) is 2.85. The monoisotopic (exact) mass is 295 g/mol. The average Bonchev–Trinajstić information content (AvgIpc) is 2.89. The Kier molecular flexibility index (Phi) is 3.78. The van der Waals surface area contributed by atoms with Crippen LogP contribution in [-0.2, 0) is 11.2 Å². The van der Waals surface area contributed by atoms with Crippen LogP contribution >= 0.6 is 0 Å². The van der Waals surface area contributed by atoms with Crippen LogP contribution < -0.4 is 10.1 Å². The van der Waals surface area contributed by atoms with Crippen molar-refractivity contribution in [3.05, 3.63) is 60.0 Å². The number of fused-ring (bicyclic) bond motifs is 1. The quantitative estimate of drug-likeness (QED) is 0.805. The maximum Gasteiger partial charge on any atom is 0.230 e. The molecule has 112 valence electrons. The van der Waals surface area contributed by atoms with Gasteiger partial charge in [-0.05, 0) is 48.9 Å². The van der Waals surface area contributed by atoms with E-state index in [1.54, 1.807) is 7.11 Å². The van der Waals surface area contributed by atoms with E-state index in [0.29, 0.717) is 0 Å². The number of benzene rings is 1. The molecule has 5 heteroatoms. The van der Waals surface area contributed by atoms with Crippen molar-refractivity contribution in [1.82, 2.24) is 9.38 Å². The van der Waals surface area contributed by atoms with Crippen molar-refractivity contribution in [3.63, 3.8) is 0 Å². The number of hydrogen-bond donors (Lipinski definition) is 1. The largest absolute Gasteiger partial charge is 0.497 e. The van der Waals surface area contributed by atoms with Crippen LogP contribution in [0.15, 0.2) is 48.8 Å². The normalized spacial score (nSPS) is 10.6.